The van der Waals surface area contributed by atoms with E-state index in [0.717, 1.165) is 18.8 Å². The fourth-order valence-electron chi connectivity index (χ4n) is 1.76. The lowest BCUT2D eigenvalue weighted by Gasteiger charge is -2.12. The fraction of sp³-hybridized carbons (Fsp3) is 0.583. The lowest BCUT2D eigenvalue weighted by molar-refractivity contribution is -0.118. The average molecular weight is 255 g/mol. The van der Waals surface area contributed by atoms with Gasteiger partial charge in [0.1, 0.15) is 5.76 Å². The lowest BCUT2D eigenvalue weighted by atomic mass is 10.3. The molecule has 0 saturated carbocycles. The first-order valence-electron chi connectivity index (χ1n) is 5.78. The molecule has 0 bridgehead atoms. The van der Waals surface area contributed by atoms with Gasteiger partial charge in [0.05, 0.1) is 24.7 Å². The highest BCUT2D eigenvalue weighted by molar-refractivity contribution is 8.00. The molecule has 2 atom stereocenters. The fourth-order valence-corrected chi connectivity index (χ4v) is 2.84. The van der Waals surface area contributed by atoms with E-state index in [1.807, 2.05) is 12.1 Å². The summed E-state index contributed by atoms with van der Waals surface area (Å²) in [5.74, 6) is 1.31. The number of amides is 1. The maximum Gasteiger partial charge on any atom is 0.230 e. The Balaban J connectivity index is 1.64. The van der Waals surface area contributed by atoms with Crippen LogP contribution < -0.4 is 5.32 Å². The third-order valence-electron chi connectivity index (χ3n) is 2.78. The number of rotatable bonds is 5. The van der Waals surface area contributed by atoms with Crippen molar-refractivity contribution in [2.24, 2.45) is 0 Å². The van der Waals surface area contributed by atoms with Gasteiger partial charge in [0, 0.05) is 11.9 Å². The summed E-state index contributed by atoms with van der Waals surface area (Å²) in [4.78, 5) is 11.6. The Morgan fingerprint density at radius 2 is 2.53 bits per heavy atom. The summed E-state index contributed by atoms with van der Waals surface area (Å²) >= 11 is 1.67. The number of ether oxygens (including phenoxy) is 1. The van der Waals surface area contributed by atoms with Gasteiger partial charge in [-0.3, -0.25) is 4.79 Å². The van der Waals surface area contributed by atoms with Gasteiger partial charge in [-0.05, 0) is 25.5 Å². The molecule has 1 aromatic heterocycles. The molecule has 1 N–H and O–H groups in total. The summed E-state index contributed by atoms with van der Waals surface area (Å²) in [6.45, 7) is 3.33. The number of hydrogen-bond acceptors (Lipinski definition) is 4. The van der Waals surface area contributed by atoms with Gasteiger partial charge in [-0.1, -0.05) is 0 Å². The first-order valence-corrected chi connectivity index (χ1v) is 6.83. The van der Waals surface area contributed by atoms with Crippen molar-refractivity contribution in [2.45, 2.75) is 31.2 Å². The van der Waals surface area contributed by atoms with Crippen LogP contribution in [0, 0.1) is 0 Å². The van der Waals surface area contributed by atoms with Gasteiger partial charge in [0.25, 0.3) is 0 Å². The lowest BCUT2D eigenvalue weighted by Crippen LogP contribution is -2.26. The third kappa shape index (κ3) is 3.78. The molecule has 4 nitrogen and oxygen atoms in total. The summed E-state index contributed by atoms with van der Waals surface area (Å²) in [5, 5.41) is 3.28. The van der Waals surface area contributed by atoms with Crippen LogP contribution >= 0.6 is 11.8 Å². The van der Waals surface area contributed by atoms with E-state index in [1.165, 1.54) is 0 Å². The van der Waals surface area contributed by atoms with Gasteiger partial charge in [0.2, 0.25) is 5.91 Å². The summed E-state index contributed by atoms with van der Waals surface area (Å²) in [6.07, 6.45) is 2.91. The monoisotopic (exact) mass is 255 g/mol. The number of furan rings is 1. The van der Waals surface area contributed by atoms with E-state index in [1.54, 1.807) is 18.0 Å². The van der Waals surface area contributed by atoms with Gasteiger partial charge >= 0.3 is 0 Å². The Hall–Kier alpha value is -0.940. The minimum Gasteiger partial charge on any atom is -0.467 e. The molecule has 2 rings (SSSR count). The van der Waals surface area contributed by atoms with E-state index in [0.29, 0.717) is 17.5 Å². The highest BCUT2D eigenvalue weighted by Gasteiger charge is 2.25. The topological polar surface area (TPSA) is 51.5 Å². The summed E-state index contributed by atoms with van der Waals surface area (Å²) in [5.41, 5.74) is 0. The Kier molecular flexibility index (Phi) is 4.50. The normalized spacial score (nSPS) is 23.8. The molecule has 17 heavy (non-hydrogen) atoms. The molecular weight excluding hydrogens is 238 g/mol. The zero-order valence-corrected chi connectivity index (χ0v) is 10.7. The molecule has 0 unspecified atom stereocenters. The number of nitrogens with one attached hydrogen (secondary N) is 1. The van der Waals surface area contributed by atoms with Crippen LogP contribution in [0.2, 0.25) is 0 Å². The van der Waals surface area contributed by atoms with Crippen LogP contribution in [0.25, 0.3) is 0 Å². The molecule has 0 aliphatic carbocycles. The predicted octanol–water partition coefficient (Wildman–Crippen LogP) is 1.81. The Bertz CT molecular complexity index is 353. The van der Waals surface area contributed by atoms with Gasteiger partial charge in [0.15, 0.2) is 0 Å². The zero-order valence-electron chi connectivity index (χ0n) is 9.85. The summed E-state index contributed by atoms with van der Waals surface area (Å²) < 4.78 is 10.6. The Morgan fingerprint density at radius 1 is 1.65 bits per heavy atom. The van der Waals surface area contributed by atoms with Crippen molar-refractivity contribution in [3.05, 3.63) is 24.2 Å². The quantitative estimate of drug-likeness (QED) is 0.871. The Labute approximate surface area is 105 Å². The standard InChI is InChI=1S/C12H17NO3S/c1-9-11(4-6-15-9)17-8-12(14)13-7-10-3-2-5-16-10/h2-3,5,9,11H,4,6-8H2,1H3,(H,13,14)/t9-,11+/m0/s1. The molecule has 1 aromatic rings. The molecule has 2 heterocycles. The molecule has 0 aromatic carbocycles. The maximum absolute atomic E-state index is 11.6. The van der Waals surface area contributed by atoms with Crippen LogP contribution in [0.15, 0.2) is 22.8 Å². The second-order valence-electron chi connectivity index (χ2n) is 4.07. The first-order chi connectivity index (χ1) is 8.25. The van der Waals surface area contributed by atoms with Crippen molar-refractivity contribution in [1.29, 1.82) is 0 Å². The zero-order chi connectivity index (χ0) is 12.1. The SMILES string of the molecule is C[C@@H]1OCC[C@H]1SCC(=O)NCc1ccco1. The van der Waals surface area contributed by atoms with Gasteiger partial charge in [-0.15, -0.1) is 11.8 Å². The number of thioether (sulfide) groups is 1. The van der Waals surface area contributed by atoms with Crippen LogP contribution in [0.3, 0.4) is 0 Å². The molecule has 1 aliphatic heterocycles. The van der Waals surface area contributed by atoms with E-state index >= 15 is 0 Å². The van der Waals surface area contributed by atoms with Crippen LogP contribution in [-0.2, 0) is 16.1 Å². The van der Waals surface area contributed by atoms with Crippen LogP contribution in [0.5, 0.6) is 0 Å². The van der Waals surface area contributed by atoms with Crippen molar-refractivity contribution >= 4 is 17.7 Å². The smallest absolute Gasteiger partial charge is 0.230 e. The molecule has 1 saturated heterocycles. The van der Waals surface area contributed by atoms with Crippen molar-refractivity contribution in [1.82, 2.24) is 5.32 Å². The number of carbonyl (C=O) groups is 1. The molecule has 0 spiro atoms. The van der Waals surface area contributed by atoms with E-state index in [9.17, 15) is 4.79 Å². The Morgan fingerprint density at radius 3 is 3.18 bits per heavy atom. The highest BCUT2D eigenvalue weighted by atomic mass is 32.2. The molecule has 5 heteroatoms. The van der Waals surface area contributed by atoms with E-state index < -0.39 is 0 Å². The van der Waals surface area contributed by atoms with E-state index in [4.69, 9.17) is 9.15 Å². The molecule has 1 fully saturated rings. The van der Waals surface area contributed by atoms with Crippen molar-refractivity contribution in [2.75, 3.05) is 12.4 Å². The second kappa shape index (κ2) is 6.12. The van der Waals surface area contributed by atoms with E-state index in [2.05, 4.69) is 12.2 Å². The van der Waals surface area contributed by atoms with Crippen molar-refractivity contribution < 1.29 is 13.9 Å². The van der Waals surface area contributed by atoms with E-state index in [-0.39, 0.29) is 12.0 Å². The number of hydrogen-bond donors (Lipinski definition) is 1. The molecule has 1 aliphatic rings. The minimum absolute atomic E-state index is 0.0468. The second-order valence-corrected chi connectivity index (χ2v) is 5.30. The molecular formula is C12H17NO3S. The largest absolute Gasteiger partial charge is 0.467 e. The maximum atomic E-state index is 11.6. The highest BCUT2D eigenvalue weighted by Crippen LogP contribution is 2.25. The molecule has 1 amide bonds. The molecule has 0 radical (unpaired) electrons. The van der Waals surface area contributed by atoms with Crippen LogP contribution in [-0.4, -0.2) is 29.6 Å². The third-order valence-corrected chi connectivity index (χ3v) is 4.25. The minimum atomic E-state index is 0.0468. The van der Waals surface area contributed by atoms with Gasteiger partial charge in [-0.2, -0.15) is 0 Å². The van der Waals surface area contributed by atoms with Crippen LogP contribution in [0.4, 0.5) is 0 Å². The first kappa shape index (κ1) is 12.5. The number of carbonyl (C=O) groups excluding carboxylic acids is 1. The summed E-state index contributed by atoms with van der Waals surface area (Å²) in [6, 6.07) is 3.66. The molecule has 94 valence electrons. The van der Waals surface area contributed by atoms with Crippen LogP contribution in [0.1, 0.15) is 19.1 Å². The van der Waals surface area contributed by atoms with Crippen molar-refractivity contribution in [3.8, 4) is 0 Å². The van der Waals surface area contributed by atoms with Gasteiger partial charge < -0.3 is 14.5 Å². The van der Waals surface area contributed by atoms with Gasteiger partial charge in [-0.25, -0.2) is 0 Å². The predicted molar refractivity (Wildman–Crippen MR) is 66.8 cm³/mol. The average Bonchev–Trinajstić information content (AvgIpc) is 2.95. The van der Waals surface area contributed by atoms with Crippen molar-refractivity contribution in [3.63, 3.8) is 0 Å². The summed E-state index contributed by atoms with van der Waals surface area (Å²) in [7, 11) is 0.